The molecule has 2 aromatic heterocycles. The zero-order valence-electron chi connectivity index (χ0n) is 17.2. The summed E-state index contributed by atoms with van der Waals surface area (Å²) < 4.78 is 10.3. The Hall–Kier alpha value is -2.84. The highest BCUT2D eigenvalue weighted by atomic mass is 32.1. The lowest BCUT2D eigenvalue weighted by atomic mass is 9.96. The second-order valence-electron chi connectivity index (χ2n) is 7.97. The summed E-state index contributed by atoms with van der Waals surface area (Å²) in [6.07, 6.45) is 0. The molecule has 6 nitrogen and oxygen atoms in total. The highest BCUT2D eigenvalue weighted by Gasteiger charge is 2.22. The number of nitrogens with one attached hydrogen (secondary N) is 1. The SMILES string of the molecule is Cc1snnc1-c1c(OCc2csc(NC(=O)C(C)(C)C)n2)ccc2ccccc12. The van der Waals surface area contributed by atoms with E-state index < -0.39 is 5.41 Å². The van der Waals surface area contributed by atoms with E-state index in [9.17, 15) is 4.79 Å². The maximum atomic E-state index is 12.2. The highest BCUT2D eigenvalue weighted by molar-refractivity contribution is 7.13. The fourth-order valence-corrected chi connectivity index (χ4v) is 4.11. The number of fused-ring (bicyclic) bond motifs is 1. The van der Waals surface area contributed by atoms with E-state index in [1.54, 1.807) is 0 Å². The molecular weight excluding hydrogens is 416 g/mol. The first-order chi connectivity index (χ1) is 14.3. The third kappa shape index (κ3) is 4.20. The van der Waals surface area contributed by atoms with Gasteiger partial charge in [-0.2, -0.15) is 0 Å². The summed E-state index contributed by atoms with van der Waals surface area (Å²) in [5.41, 5.74) is 2.07. The molecule has 0 saturated heterocycles. The van der Waals surface area contributed by atoms with Crippen LogP contribution >= 0.6 is 22.9 Å². The van der Waals surface area contributed by atoms with Gasteiger partial charge in [0, 0.05) is 10.8 Å². The van der Waals surface area contributed by atoms with Crippen molar-refractivity contribution in [2.24, 2.45) is 5.41 Å². The summed E-state index contributed by atoms with van der Waals surface area (Å²) in [4.78, 5) is 17.7. The van der Waals surface area contributed by atoms with Crippen molar-refractivity contribution in [3.63, 3.8) is 0 Å². The maximum absolute atomic E-state index is 12.2. The standard InChI is InChI=1S/C22H22N4O2S2/c1-13-19(25-26-30-13)18-16-8-6-5-7-14(16)9-10-17(18)28-11-15-12-29-21(23-15)24-20(27)22(2,3)4/h5-10,12H,11H2,1-4H3,(H,23,24,27). The van der Waals surface area contributed by atoms with Crippen LogP contribution in [0.2, 0.25) is 0 Å². The summed E-state index contributed by atoms with van der Waals surface area (Å²) in [5, 5.41) is 11.9. The van der Waals surface area contributed by atoms with Crippen LogP contribution in [0.15, 0.2) is 41.8 Å². The number of anilines is 1. The molecule has 154 valence electrons. The molecule has 0 spiro atoms. The third-order valence-corrected chi connectivity index (χ3v) is 6.05. The van der Waals surface area contributed by atoms with Gasteiger partial charge in [0.2, 0.25) is 5.91 Å². The van der Waals surface area contributed by atoms with Crippen molar-refractivity contribution < 1.29 is 9.53 Å². The minimum atomic E-state index is -0.470. The molecule has 30 heavy (non-hydrogen) atoms. The molecule has 0 fully saturated rings. The van der Waals surface area contributed by atoms with Crippen LogP contribution in [0.25, 0.3) is 22.0 Å². The fourth-order valence-electron chi connectivity index (χ4n) is 2.95. The highest BCUT2D eigenvalue weighted by Crippen LogP contribution is 2.38. The molecule has 0 aliphatic rings. The van der Waals surface area contributed by atoms with Gasteiger partial charge in [-0.25, -0.2) is 4.98 Å². The second-order valence-corrected chi connectivity index (χ2v) is 9.79. The van der Waals surface area contributed by atoms with E-state index >= 15 is 0 Å². The normalized spacial score (nSPS) is 11.6. The van der Waals surface area contributed by atoms with Gasteiger partial charge in [0.1, 0.15) is 18.1 Å². The Balaban J connectivity index is 1.60. The number of thiazole rings is 1. The van der Waals surface area contributed by atoms with E-state index in [4.69, 9.17) is 4.74 Å². The number of hydrogen-bond acceptors (Lipinski definition) is 7. The molecule has 1 amide bonds. The number of carbonyl (C=O) groups is 1. The second kappa shape index (κ2) is 8.12. The first-order valence-corrected chi connectivity index (χ1v) is 11.2. The minimum Gasteiger partial charge on any atom is -0.487 e. The lowest BCUT2D eigenvalue weighted by Gasteiger charge is -2.16. The number of aromatic nitrogens is 3. The Bertz CT molecular complexity index is 1210. The van der Waals surface area contributed by atoms with Crippen molar-refractivity contribution in [2.45, 2.75) is 34.3 Å². The van der Waals surface area contributed by atoms with Gasteiger partial charge in [0.25, 0.3) is 0 Å². The average Bonchev–Trinajstić information content (AvgIpc) is 3.34. The molecule has 0 aliphatic heterocycles. The monoisotopic (exact) mass is 438 g/mol. The van der Waals surface area contributed by atoms with Crippen LogP contribution in [0.1, 0.15) is 31.3 Å². The van der Waals surface area contributed by atoms with Gasteiger partial charge in [0.05, 0.1) is 16.1 Å². The van der Waals surface area contributed by atoms with Crippen molar-refractivity contribution in [3.8, 4) is 17.0 Å². The Morgan fingerprint density at radius 3 is 2.70 bits per heavy atom. The lowest BCUT2D eigenvalue weighted by Crippen LogP contribution is -2.27. The summed E-state index contributed by atoms with van der Waals surface area (Å²) in [6, 6.07) is 12.2. The Labute approximate surface area is 183 Å². The predicted octanol–water partition coefficient (Wildman–Crippen LogP) is 5.69. The molecule has 4 aromatic rings. The van der Waals surface area contributed by atoms with E-state index in [0.717, 1.165) is 38.4 Å². The summed E-state index contributed by atoms with van der Waals surface area (Å²) in [5.74, 6) is 0.672. The fraction of sp³-hybridized carbons (Fsp3) is 0.273. The van der Waals surface area contributed by atoms with Crippen LogP contribution in [-0.2, 0) is 11.4 Å². The van der Waals surface area contributed by atoms with Crippen LogP contribution in [-0.4, -0.2) is 20.5 Å². The molecule has 0 unspecified atom stereocenters. The zero-order chi connectivity index (χ0) is 21.3. The van der Waals surface area contributed by atoms with Gasteiger partial charge in [-0.05, 0) is 35.3 Å². The number of rotatable bonds is 5. The number of carbonyl (C=O) groups excluding carboxylic acids is 1. The number of aryl methyl sites for hydroxylation is 1. The van der Waals surface area contributed by atoms with E-state index in [0.29, 0.717) is 11.7 Å². The minimum absolute atomic E-state index is 0.0624. The summed E-state index contributed by atoms with van der Waals surface area (Å²) >= 11 is 2.77. The lowest BCUT2D eigenvalue weighted by molar-refractivity contribution is -0.123. The van der Waals surface area contributed by atoms with Crippen LogP contribution in [0.5, 0.6) is 5.75 Å². The molecular formula is C22H22N4O2S2. The Morgan fingerprint density at radius 2 is 1.97 bits per heavy atom. The van der Waals surface area contributed by atoms with Crippen molar-refractivity contribution >= 4 is 44.7 Å². The van der Waals surface area contributed by atoms with Gasteiger partial charge in [-0.1, -0.05) is 55.6 Å². The quantitative estimate of drug-likeness (QED) is 0.433. The molecule has 0 atom stereocenters. The first kappa shape index (κ1) is 20.4. The van der Waals surface area contributed by atoms with E-state index in [1.807, 2.05) is 57.3 Å². The summed E-state index contributed by atoms with van der Waals surface area (Å²) in [6.45, 7) is 7.92. The van der Waals surface area contributed by atoms with Crippen molar-refractivity contribution in [2.75, 3.05) is 5.32 Å². The van der Waals surface area contributed by atoms with Crippen LogP contribution in [0.4, 0.5) is 5.13 Å². The predicted molar refractivity (Wildman–Crippen MR) is 122 cm³/mol. The first-order valence-electron chi connectivity index (χ1n) is 9.52. The summed E-state index contributed by atoms with van der Waals surface area (Å²) in [7, 11) is 0. The largest absolute Gasteiger partial charge is 0.487 e. The number of benzene rings is 2. The zero-order valence-corrected chi connectivity index (χ0v) is 18.9. The van der Waals surface area contributed by atoms with Crippen molar-refractivity contribution in [1.82, 2.24) is 14.6 Å². The molecule has 4 rings (SSSR count). The molecule has 2 aromatic carbocycles. The number of amides is 1. The molecule has 0 aliphatic carbocycles. The number of ether oxygens (including phenoxy) is 1. The van der Waals surface area contributed by atoms with Gasteiger partial charge < -0.3 is 10.1 Å². The van der Waals surface area contributed by atoms with Gasteiger partial charge in [-0.3, -0.25) is 4.79 Å². The van der Waals surface area contributed by atoms with Crippen LogP contribution in [0, 0.1) is 12.3 Å². The number of nitrogens with zero attached hydrogens (tertiary/aromatic N) is 3. The smallest absolute Gasteiger partial charge is 0.231 e. The average molecular weight is 439 g/mol. The van der Waals surface area contributed by atoms with E-state index in [2.05, 4.69) is 32.0 Å². The molecule has 0 saturated carbocycles. The molecule has 1 N–H and O–H groups in total. The van der Waals surface area contributed by atoms with Gasteiger partial charge in [-0.15, -0.1) is 16.4 Å². The molecule has 8 heteroatoms. The van der Waals surface area contributed by atoms with Crippen molar-refractivity contribution in [1.29, 1.82) is 0 Å². The van der Waals surface area contributed by atoms with Crippen molar-refractivity contribution in [3.05, 3.63) is 52.3 Å². The molecule has 0 bridgehead atoms. The Kier molecular flexibility index (Phi) is 5.53. The number of hydrogen-bond donors (Lipinski definition) is 1. The maximum Gasteiger partial charge on any atom is 0.231 e. The van der Waals surface area contributed by atoms with E-state index in [1.165, 1.54) is 22.9 Å². The Morgan fingerprint density at radius 1 is 1.17 bits per heavy atom. The topological polar surface area (TPSA) is 77.0 Å². The molecule has 2 heterocycles. The third-order valence-electron chi connectivity index (χ3n) is 4.61. The van der Waals surface area contributed by atoms with Crippen LogP contribution < -0.4 is 10.1 Å². The van der Waals surface area contributed by atoms with Gasteiger partial charge in [0.15, 0.2) is 5.13 Å². The molecule has 0 radical (unpaired) electrons. The van der Waals surface area contributed by atoms with E-state index in [-0.39, 0.29) is 5.91 Å². The van der Waals surface area contributed by atoms with Gasteiger partial charge >= 0.3 is 0 Å². The van der Waals surface area contributed by atoms with Crippen LogP contribution in [0.3, 0.4) is 0 Å².